The third-order valence-electron chi connectivity index (χ3n) is 2.34. The van der Waals surface area contributed by atoms with Crippen LogP contribution >= 0.6 is 15.9 Å². The maximum absolute atomic E-state index is 12.6. The van der Waals surface area contributed by atoms with Gasteiger partial charge in [-0.2, -0.15) is 13.2 Å². The van der Waals surface area contributed by atoms with E-state index >= 15 is 0 Å². The number of benzene rings is 1. The van der Waals surface area contributed by atoms with Gasteiger partial charge in [0.1, 0.15) is 0 Å². The monoisotopic (exact) mass is 359 g/mol. The normalized spacial score (nSPS) is 13.4. The summed E-state index contributed by atoms with van der Waals surface area (Å²) in [6, 6.07) is 2.79. The quantitative estimate of drug-likeness (QED) is 0.866. The lowest BCUT2D eigenvalue weighted by Crippen LogP contribution is -2.33. The smallest absolute Gasteiger partial charge is 0.282 e. The number of halogens is 4. The minimum absolute atomic E-state index is 0.134. The zero-order valence-corrected chi connectivity index (χ0v) is 12.9. The Kier molecular flexibility index (Phi) is 4.26. The van der Waals surface area contributed by atoms with E-state index in [1.165, 1.54) is 20.8 Å². The molecule has 0 aliphatic carbocycles. The molecule has 108 valence electrons. The van der Waals surface area contributed by atoms with Gasteiger partial charge in [-0.05, 0) is 54.9 Å². The van der Waals surface area contributed by atoms with Crippen LogP contribution in [-0.2, 0) is 16.2 Å². The second kappa shape index (κ2) is 4.97. The molecule has 0 heterocycles. The minimum atomic E-state index is -4.53. The van der Waals surface area contributed by atoms with Gasteiger partial charge in [-0.25, -0.2) is 8.42 Å². The van der Waals surface area contributed by atoms with Crippen molar-refractivity contribution < 1.29 is 21.6 Å². The van der Waals surface area contributed by atoms with Crippen molar-refractivity contribution in [2.75, 3.05) is 4.72 Å². The highest BCUT2D eigenvalue weighted by atomic mass is 79.9. The molecule has 8 heteroatoms. The average molecular weight is 360 g/mol. The highest BCUT2D eigenvalue weighted by Crippen LogP contribution is 2.35. The Hall–Kier alpha value is -0.760. The maximum Gasteiger partial charge on any atom is 0.416 e. The van der Waals surface area contributed by atoms with E-state index in [-0.39, 0.29) is 10.2 Å². The van der Waals surface area contributed by atoms with Gasteiger partial charge in [0.25, 0.3) is 0 Å². The molecule has 1 aromatic carbocycles. The van der Waals surface area contributed by atoms with Crippen molar-refractivity contribution in [3.8, 4) is 0 Å². The van der Waals surface area contributed by atoms with Gasteiger partial charge in [-0.15, -0.1) is 0 Å². The fourth-order valence-corrected chi connectivity index (χ4v) is 2.32. The number of hydrogen-bond donors (Lipinski definition) is 1. The van der Waals surface area contributed by atoms with Crippen molar-refractivity contribution in [2.24, 2.45) is 0 Å². The predicted octanol–water partition coefficient (Wildman–Crippen LogP) is 4.01. The highest BCUT2D eigenvalue weighted by Gasteiger charge is 2.33. The van der Waals surface area contributed by atoms with Crippen LogP contribution in [0.15, 0.2) is 22.7 Å². The van der Waals surface area contributed by atoms with E-state index in [0.717, 1.165) is 18.2 Å². The van der Waals surface area contributed by atoms with E-state index in [4.69, 9.17) is 0 Å². The van der Waals surface area contributed by atoms with E-state index in [2.05, 4.69) is 20.7 Å². The van der Waals surface area contributed by atoms with Gasteiger partial charge in [0.05, 0.1) is 16.0 Å². The Bertz CT molecular complexity index is 577. The number of hydrogen-bond acceptors (Lipinski definition) is 2. The largest absolute Gasteiger partial charge is 0.416 e. The molecule has 0 aliphatic heterocycles. The van der Waals surface area contributed by atoms with Crippen LogP contribution in [-0.4, -0.2) is 13.2 Å². The number of anilines is 1. The Morgan fingerprint density at radius 3 is 2.11 bits per heavy atom. The van der Waals surface area contributed by atoms with Gasteiger partial charge in [0.2, 0.25) is 10.0 Å². The summed E-state index contributed by atoms with van der Waals surface area (Å²) in [5.74, 6) is 0. The first-order valence-electron chi connectivity index (χ1n) is 5.24. The molecule has 0 atom stereocenters. The van der Waals surface area contributed by atoms with Gasteiger partial charge < -0.3 is 0 Å². The van der Waals surface area contributed by atoms with Gasteiger partial charge in [0.15, 0.2) is 0 Å². The summed E-state index contributed by atoms with van der Waals surface area (Å²) < 4.78 is 62.8. The van der Waals surface area contributed by atoms with E-state index < -0.39 is 26.5 Å². The van der Waals surface area contributed by atoms with Crippen LogP contribution in [0.2, 0.25) is 0 Å². The fourth-order valence-electron chi connectivity index (χ4n) is 1.08. The number of alkyl halides is 3. The van der Waals surface area contributed by atoms with Crippen molar-refractivity contribution >= 4 is 31.6 Å². The number of sulfonamides is 1. The second-order valence-corrected chi connectivity index (χ2v) is 8.20. The molecule has 0 amide bonds. The summed E-state index contributed by atoms with van der Waals surface area (Å²) >= 11 is 3.02. The van der Waals surface area contributed by atoms with Crippen LogP contribution in [0, 0.1) is 0 Å². The van der Waals surface area contributed by atoms with E-state index in [0.29, 0.717) is 0 Å². The topological polar surface area (TPSA) is 46.2 Å². The molecule has 0 saturated carbocycles. The Morgan fingerprint density at radius 1 is 1.16 bits per heavy atom. The fraction of sp³-hybridized carbons (Fsp3) is 0.455. The van der Waals surface area contributed by atoms with Crippen LogP contribution in [0.4, 0.5) is 18.9 Å². The molecule has 1 aromatic rings. The molecule has 0 radical (unpaired) electrons. The van der Waals surface area contributed by atoms with Crippen LogP contribution in [0.25, 0.3) is 0 Å². The first-order chi connectivity index (χ1) is 8.34. The second-order valence-electron chi connectivity index (χ2n) is 4.91. The lowest BCUT2D eigenvalue weighted by molar-refractivity contribution is -0.137. The van der Waals surface area contributed by atoms with Crippen molar-refractivity contribution in [3.05, 3.63) is 28.2 Å². The summed E-state index contributed by atoms with van der Waals surface area (Å²) in [6.45, 7) is 4.37. The molecule has 0 fully saturated rings. The van der Waals surface area contributed by atoms with Gasteiger partial charge in [-0.3, -0.25) is 4.72 Å². The minimum Gasteiger partial charge on any atom is -0.282 e. The molecule has 0 aromatic heterocycles. The predicted molar refractivity (Wildman–Crippen MR) is 71.4 cm³/mol. The zero-order chi connectivity index (χ0) is 15.1. The molecule has 0 aliphatic rings. The van der Waals surface area contributed by atoms with E-state index in [1.54, 1.807) is 0 Å². The third-order valence-corrected chi connectivity index (χ3v) is 5.14. The molecular weight excluding hydrogens is 347 g/mol. The van der Waals surface area contributed by atoms with Crippen LogP contribution in [0.5, 0.6) is 0 Å². The van der Waals surface area contributed by atoms with Crippen molar-refractivity contribution in [1.29, 1.82) is 0 Å². The van der Waals surface area contributed by atoms with Crippen LogP contribution < -0.4 is 4.72 Å². The molecule has 0 spiro atoms. The molecule has 3 nitrogen and oxygen atoms in total. The summed E-state index contributed by atoms with van der Waals surface area (Å²) in [5, 5.41) is 0. The Balaban J connectivity index is 3.23. The molecule has 0 bridgehead atoms. The molecule has 1 N–H and O–H groups in total. The number of nitrogens with one attached hydrogen (secondary N) is 1. The van der Waals surface area contributed by atoms with Gasteiger partial charge >= 0.3 is 6.18 Å². The molecule has 0 unspecified atom stereocenters. The Morgan fingerprint density at radius 2 is 1.68 bits per heavy atom. The maximum atomic E-state index is 12.6. The molecule has 0 saturated heterocycles. The van der Waals surface area contributed by atoms with Crippen molar-refractivity contribution in [3.63, 3.8) is 0 Å². The summed E-state index contributed by atoms with van der Waals surface area (Å²) in [5.41, 5.74) is -1.05. The lowest BCUT2D eigenvalue weighted by atomic mass is 10.2. The summed E-state index contributed by atoms with van der Waals surface area (Å²) in [4.78, 5) is 0. The molecular formula is C11H13BrF3NO2S. The van der Waals surface area contributed by atoms with Gasteiger partial charge in [0, 0.05) is 4.47 Å². The highest BCUT2D eigenvalue weighted by molar-refractivity contribution is 9.10. The summed E-state index contributed by atoms with van der Waals surface area (Å²) in [6.07, 6.45) is -4.53. The first kappa shape index (κ1) is 16.3. The molecule has 19 heavy (non-hydrogen) atoms. The van der Waals surface area contributed by atoms with E-state index in [9.17, 15) is 21.6 Å². The molecule has 1 rings (SSSR count). The van der Waals surface area contributed by atoms with Crippen LogP contribution in [0.3, 0.4) is 0 Å². The summed E-state index contributed by atoms with van der Waals surface area (Å²) in [7, 11) is -3.78. The average Bonchev–Trinajstić information content (AvgIpc) is 2.17. The van der Waals surface area contributed by atoms with Crippen molar-refractivity contribution in [1.82, 2.24) is 0 Å². The van der Waals surface area contributed by atoms with Crippen LogP contribution in [0.1, 0.15) is 26.3 Å². The van der Waals surface area contributed by atoms with E-state index in [1.807, 2.05) is 0 Å². The van der Waals surface area contributed by atoms with Gasteiger partial charge in [-0.1, -0.05) is 0 Å². The standard InChI is InChI=1S/C11H13BrF3NO2S/c1-10(2,3)19(17,18)16-9-6-7(11(13,14)15)4-5-8(9)12/h4-6,16H,1-3H3. The first-order valence-corrected chi connectivity index (χ1v) is 7.51. The SMILES string of the molecule is CC(C)(C)S(=O)(=O)Nc1cc(C(F)(F)F)ccc1Br. The van der Waals surface area contributed by atoms with Crippen molar-refractivity contribution in [2.45, 2.75) is 31.7 Å². The third kappa shape index (κ3) is 3.85. The number of rotatable bonds is 2. The zero-order valence-electron chi connectivity index (χ0n) is 10.5. The lowest BCUT2D eigenvalue weighted by Gasteiger charge is -2.21. The Labute approximate surface area is 118 Å².